The third-order valence-electron chi connectivity index (χ3n) is 2.00. The normalized spacial score (nSPS) is 16.4. The van der Waals surface area contributed by atoms with E-state index in [2.05, 4.69) is 39.8 Å². The molecule has 1 heterocycles. The van der Waals surface area contributed by atoms with Crippen molar-refractivity contribution < 1.29 is 4.74 Å². The van der Waals surface area contributed by atoms with Gasteiger partial charge >= 0.3 is 0 Å². The fraction of sp³-hybridized carbons (Fsp3) is 0.667. The first-order valence-electron chi connectivity index (χ1n) is 5.29. The van der Waals surface area contributed by atoms with Gasteiger partial charge in [-0.05, 0) is 46.8 Å². The Labute approximate surface area is 96.4 Å². The highest BCUT2D eigenvalue weighted by molar-refractivity contribution is 7.12. The minimum atomic E-state index is -0.157. The number of rotatable bonds is 3. The molecule has 0 saturated heterocycles. The summed E-state index contributed by atoms with van der Waals surface area (Å²) in [5.41, 5.74) is 5.81. The summed E-state index contributed by atoms with van der Waals surface area (Å²) in [7, 11) is 0. The Morgan fingerprint density at radius 2 is 1.93 bits per heavy atom. The predicted molar refractivity (Wildman–Crippen MR) is 66.3 cm³/mol. The van der Waals surface area contributed by atoms with E-state index in [1.165, 1.54) is 9.75 Å². The van der Waals surface area contributed by atoms with E-state index < -0.39 is 0 Å². The molecule has 0 radical (unpaired) electrons. The first-order valence-corrected chi connectivity index (χ1v) is 6.11. The van der Waals surface area contributed by atoms with E-state index in [1.807, 2.05) is 6.92 Å². The highest BCUT2D eigenvalue weighted by Crippen LogP contribution is 2.31. The standard InChI is InChI=1S/C12H21NOS/c1-8-6-7-10(15-8)11(9(2)13)14-12(3,4)5/h6-7,9,11H,13H2,1-5H3. The number of hydrogen-bond acceptors (Lipinski definition) is 3. The lowest BCUT2D eigenvalue weighted by Crippen LogP contribution is -2.32. The highest BCUT2D eigenvalue weighted by atomic mass is 32.1. The van der Waals surface area contributed by atoms with Crippen molar-refractivity contribution in [2.75, 3.05) is 0 Å². The van der Waals surface area contributed by atoms with Crippen molar-refractivity contribution in [1.29, 1.82) is 0 Å². The van der Waals surface area contributed by atoms with E-state index in [9.17, 15) is 0 Å². The van der Waals surface area contributed by atoms with Crippen LogP contribution in [-0.4, -0.2) is 11.6 Å². The molecule has 2 nitrogen and oxygen atoms in total. The molecule has 1 aromatic rings. The van der Waals surface area contributed by atoms with Crippen molar-refractivity contribution >= 4 is 11.3 Å². The van der Waals surface area contributed by atoms with Crippen LogP contribution in [0.2, 0.25) is 0 Å². The maximum absolute atomic E-state index is 5.98. The molecule has 1 rings (SSSR count). The SMILES string of the molecule is Cc1ccc(C(OC(C)(C)C)C(C)N)s1. The van der Waals surface area contributed by atoms with Gasteiger partial charge in [0.2, 0.25) is 0 Å². The second-order valence-electron chi connectivity index (χ2n) is 4.96. The van der Waals surface area contributed by atoms with Crippen LogP contribution in [0.4, 0.5) is 0 Å². The Kier molecular flexibility index (Phi) is 3.93. The van der Waals surface area contributed by atoms with E-state index in [0.717, 1.165) is 0 Å². The van der Waals surface area contributed by atoms with Crippen LogP contribution in [0.1, 0.15) is 43.6 Å². The zero-order valence-electron chi connectivity index (χ0n) is 10.2. The smallest absolute Gasteiger partial charge is 0.107 e. The van der Waals surface area contributed by atoms with Gasteiger partial charge < -0.3 is 10.5 Å². The molecule has 15 heavy (non-hydrogen) atoms. The predicted octanol–water partition coefficient (Wildman–Crippen LogP) is 3.26. The van der Waals surface area contributed by atoms with Crippen LogP contribution in [0.3, 0.4) is 0 Å². The van der Waals surface area contributed by atoms with Crippen LogP contribution >= 0.6 is 11.3 Å². The lowest BCUT2D eigenvalue weighted by molar-refractivity contribution is -0.0685. The summed E-state index contributed by atoms with van der Waals surface area (Å²) in [6, 6.07) is 4.24. The second-order valence-corrected chi connectivity index (χ2v) is 6.28. The molecule has 1 aromatic heterocycles. The summed E-state index contributed by atoms with van der Waals surface area (Å²) in [4.78, 5) is 2.52. The fourth-order valence-corrected chi connectivity index (χ4v) is 2.43. The maximum Gasteiger partial charge on any atom is 0.107 e. The highest BCUT2D eigenvalue weighted by Gasteiger charge is 2.24. The summed E-state index contributed by atoms with van der Waals surface area (Å²) >= 11 is 1.76. The minimum Gasteiger partial charge on any atom is -0.365 e. The summed E-state index contributed by atoms with van der Waals surface area (Å²) in [5.74, 6) is 0. The van der Waals surface area contributed by atoms with Crippen molar-refractivity contribution in [3.8, 4) is 0 Å². The van der Waals surface area contributed by atoms with Crippen molar-refractivity contribution in [3.05, 3.63) is 21.9 Å². The van der Waals surface area contributed by atoms with Crippen molar-refractivity contribution in [3.63, 3.8) is 0 Å². The molecular weight excluding hydrogens is 206 g/mol. The first-order chi connectivity index (χ1) is 6.79. The van der Waals surface area contributed by atoms with Crippen molar-refractivity contribution in [2.24, 2.45) is 5.73 Å². The van der Waals surface area contributed by atoms with Crippen LogP contribution in [0.15, 0.2) is 12.1 Å². The van der Waals surface area contributed by atoms with Gasteiger partial charge in [0.05, 0.1) is 5.60 Å². The number of aryl methyl sites for hydroxylation is 1. The molecule has 0 aromatic carbocycles. The second kappa shape index (κ2) is 4.64. The van der Waals surface area contributed by atoms with Gasteiger partial charge in [-0.1, -0.05) is 0 Å². The molecule has 0 fully saturated rings. The quantitative estimate of drug-likeness (QED) is 0.860. The van der Waals surface area contributed by atoms with Crippen LogP contribution in [0.5, 0.6) is 0 Å². The van der Waals surface area contributed by atoms with Gasteiger partial charge in [-0.25, -0.2) is 0 Å². The Bertz CT molecular complexity index is 312. The van der Waals surface area contributed by atoms with E-state index in [1.54, 1.807) is 11.3 Å². The van der Waals surface area contributed by atoms with Gasteiger partial charge in [-0.3, -0.25) is 0 Å². The molecule has 2 unspecified atom stereocenters. The van der Waals surface area contributed by atoms with Crippen LogP contribution in [-0.2, 0) is 4.74 Å². The van der Waals surface area contributed by atoms with E-state index in [-0.39, 0.29) is 17.7 Å². The number of nitrogens with two attached hydrogens (primary N) is 1. The fourth-order valence-electron chi connectivity index (χ4n) is 1.41. The van der Waals surface area contributed by atoms with Gasteiger partial charge in [0.1, 0.15) is 6.10 Å². The summed E-state index contributed by atoms with van der Waals surface area (Å²) in [5, 5.41) is 0. The lowest BCUT2D eigenvalue weighted by atomic mass is 10.1. The number of hydrogen-bond donors (Lipinski definition) is 1. The largest absolute Gasteiger partial charge is 0.365 e. The molecule has 0 amide bonds. The number of thiophene rings is 1. The monoisotopic (exact) mass is 227 g/mol. The Balaban J connectivity index is 2.84. The lowest BCUT2D eigenvalue weighted by Gasteiger charge is -2.29. The van der Waals surface area contributed by atoms with Gasteiger partial charge in [-0.15, -0.1) is 11.3 Å². The zero-order valence-corrected chi connectivity index (χ0v) is 11.0. The topological polar surface area (TPSA) is 35.2 Å². The Morgan fingerprint density at radius 1 is 1.33 bits per heavy atom. The van der Waals surface area contributed by atoms with E-state index in [0.29, 0.717) is 0 Å². The third kappa shape index (κ3) is 3.93. The molecule has 0 saturated carbocycles. The van der Waals surface area contributed by atoms with Crippen LogP contribution in [0.25, 0.3) is 0 Å². The summed E-state index contributed by atoms with van der Waals surface area (Å²) in [6.45, 7) is 10.3. The van der Waals surface area contributed by atoms with Crippen LogP contribution in [0, 0.1) is 6.92 Å². The summed E-state index contributed by atoms with van der Waals surface area (Å²) in [6.07, 6.45) is 0.00343. The average molecular weight is 227 g/mol. The molecular formula is C12H21NOS. The third-order valence-corrected chi connectivity index (χ3v) is 3.06. The average Bonchev–Trinajstić information content (AvgIpc) is 2.45. The van der Waals surface area contributed by atoms with Gasteiger partial charge in [0.15, 0.2) is 0 Å². The van der Waals surface area contributed by atoms with E-state index in [4.69, 9.17) is 10.5 Å². The van der Waals surface area contributed by atoms with Gasteiger partial charge in [-0.2, -0.15) is 0 Å². The molecule has 0 aliphatic carbocycles. The van der Waals surface area contributed by atoms with E-state index >= 15 is 0 Å². The molecule has 0 aliphatic heterocycles. The van der Waals surface area contributed by atoms with Gasteiger partial charge in [0.25, 0.3) is 0 Å². The van der Waals surface area contributed by atoms with Crippen molar-refractivity contribution in [2.45, 2.75) is 52.4 Å². The van der Waals surface area contributed by atoms with Gasteiger partial charge in [0, 0.05) is 15.8 Å². The molecule has 3 heteroatoms. The first kappa shape index (κ1) is 12.7. The maximum atomic E-state index is 5.98. The van der Waals surface area contributed by atoms with Crippen molar-refractivity contribution in [1.82, 2.24) is 0 Å². The molecule has 0 aliphatic rings. The molecule has 2 atom stereocenters. The zero-order chi connectivity index (χ0) is 11.6. The molecule has 2 N–H and O–H groups in total. The van der Waals surface area contributed by atoms with Crippen LogP contribution < -0.4 is 5.73 Å². The Morgan fingerprint density at radius 3 is 2.27 bits per heavy atom. The molecule has 0 bridgehead atoms. The minimum absolute atomic E-state index is 0.00343. The summed E-state index contributed by atoms with van der Waals surface area (Å²) < 4.78 is 5.98. The molecule has 86 valence electrons. The molecule has 0 spiro atoms. The Hall–Kier alpha value is -0.380. The number of ether oxygens (including phenoxy) is 1.